The molecular weight excluding hydrogens is 292 g/mol. The van der Waals surface area contributed by atoms with Crippen LogP contribution in [-0.2, 0) is 0 Å². The molecule has 24 heavy (non-hydrogen) atoms. The first-order valence-corrected chi connectivity index (χ1v) is 8.18. The van der Waals surface area contributed by atoms with Gasteiger partial charge in [0.05, 0.1) is 0 Å². The number of ketones is 1. The van der Waals surface area contributed by atoms with Crippen molar-refractivity contribution >= 4 is 17.4 Å². The number of carbonyl (C=O) groups is 1. The number of rotatable bonds is 1. The molecule has 3 aromatic carbocycles. The number of hydrogen-bond acceptors (Lipinski definition) is 1. The maximum absolute atomic E-state index is 12.9. The normalized spacial score (nSPS) is 14.4. The lowest BCUT2D eigenvalue weighted by Gasteiger charge is -2.23. The molecule has 0 N–H and O–H groups in total. The smallest absolute Gasteiger partial charge is 0.194 e. The van der Waals surface area contributed by atoms with Gasteiger partial charge in [-0.15, -0.1) is 0 Å². The second-order valence-electron chi connectivity index (χ2n) is 6.29. The summed E-state index contributed by atoms with van der Waals surface area (Å²) in [7, 11) is 0. The fourth-order valence-corrected chi connectivity index (χ4v) is 3.46. The van der Waals surface area contributed by atoms with Crippen LogP contribution in [0.3, 0.4) is 0 Å². The fraction of sp³-hybridized carbons (Fsp3) is 0.0870. The third-order valence-electron chi connectivity index (χ3n) is 4.74. The van der Waals surface area contributed by atoms with Crippen molar-refractivity contribution in [3.8, 4) is 0 Å². The molecule has 0 saturated carbocycles. The van der Waals surface area contributed by atoms with E-state index >= 15 is 0 Å². The average molecular weight is 310 g/mol. The summed E-state index contributed by atoms with van der Waals surface area (Å²) in [6.07, 6.45) is 2.21. The maximum atomic E-state index is 12.9. The van der Waals surface area contributed by atoms with Crippen molar-refractivity contribution in [1.82, 2.24) is 0 Å². The van der Waals surface area contributed by atoms with E-state index in [1.807, 2.05) is 36.4 Å². The average Bonchev–Trinajstić information content (AvgIpc) is 2.60. The summed E-state index contributed by atoms with van der Waals surface area (Å²) in [6.45, 7) is 4.19. The van der Waals surface area contributed by atoms with Gasteiger partial charge in [0.1, 0.15) is 0 Å². The van der Waals surface area contributed by atoms with Crippen LogP contribution in [0.5, 0.6) is 0 Å². The summed E-state index contributed by atoms with van der Waals surface area (Å²) >= 11 is 0. The molecule has 1 aliphatic rings. The van der Waals surface area contributed by atoms with Gasteiger partial charge in [0.2, 0.25) is 0 Å². The summed E-state index contributed by atoms with van der Waals surface area (Å²) in [5.41, 5.74) is 8.35. The lowest BCUT2D eigenvalue weighted by molar-refractivity contribution is 0.103. The van der Waals surface area contributed by atoms with Crippen molar-refractivity contribution in [2.45, 2.75) is 13.8 Å². The van der Waals surface area contributed by atoms with Crippen molar-refractivity contribution in [2.24, 2.45) is 0 Å². The summed E-state index contributed by atoms with van der Waals surface area (Å²) in [5.74, 6) is 0.117. The lowest BCUT2D eigenvalue weighted by atomic mass is 9.78. The van der Waals surface area contributed by atoms with E-state index in [1.165, 1.54) is 11.1 Å². The molecule has 1 nitrogen and oxygen atoms in total. The van der Waals surface area contributed by atoms with Gasteiger partial charge in [0, 0.05) is 11.1 Å². The first-order valence-electron chi connectivity index (χ1n) is 8.18. The zero-order chi connectivity index (χ0) is 16.7. The maximum Gasteiger partial charge on any atom is 0.194 e. The van der Waals surface area contributed by atoms with E-state index in [9.17, 15) is 4.79 Å². The van der Waals surface area contributed by atoms with Gasteiger partial charge in [-0.25, -0.2) is 0 Å². The molecule has 3 aromatic rings. The van der Waals surface area contributed by atoms with Crippen LogP contribution in [0.4, 0.5) is 0 Å². The number of fused-ring (bicyclic) bond motifs is 2. The van der Waals surface area contributed by atoms with Crippen molar-refractivity contribution in [3.05, 3.63) is 106 Å². The van der Waals surface area contributed by atoms with Gasteiger partial charge in [0.25, 0.3) is 0 Å². The van der Waals surface area contributed by atoms with Crippen LogP contribution in [0.25, 0.3) is 11.6 Å². The van der Waals surface area contributed by atoms with Crippen LogP contribution < -0.4 is 0 Å². The second-order valence-corrected chi connectivity index (χ2v) is 6.29. The topological polar surface area (TPSA) is 17.1 Å². The van der Waals surface area contributed by atoms with Crippen LogP contribution in [0.1, 0.15) is 43.7 Å². The van der Waals surface area contributed by atoms with Crippen LogP contribution in [0.15, 0.2) is 66.7 Å². The standard InChI is InChI=1S/C23H18O/c1-15-8-3-4-10-17(15)14-21-18-11-5-6-12-19(18)23(24)20-13-7-9-16(2)22(20)21/h3-14H,1-2H3/b21-14+. The molecule has 0 radical (unpaired) electrons. The van der Waals surface area contributed by atoms with E-state index in [2.05, 4.69) is 50.3 Å². The Morgan fingerprint density at radius 2 is 1.29 bits per heavy atom. The monoisotopic (exact) mass is 310 g/mol. The zero-order valence-electron chi connectivity index (χ0n) is 13.8. The highest BCUT2D eigenvalue weighted by Gasteiger charge is 2.27. The van der Waals surface area contributed by atoms with Crippen molar-refractivity contribution in [2.75, 3.05) is 0 Å². The van der Waals surface area contributed by atoms with E-state index in [-0.39, 0.29) is 5.78 Å². The number of carbonyl (C=O) groups excluding carboxylic acids is 1. The summed E-state index contributed by atoms with van der Waals surface area (Å²) < 4.78 is 0. The molecule has 0 heterocycles. The van der Waals surface area contributed by atoms with Gasteiger partial charge in [-0.3, -0.25) is 4.79 Å². The molecular formula is C23H18O. The molecule has 116 valence electrons. The summed E-state index contributed by atoms with van der Waals surface area (Å²) in [4.78, 5) is 12.9. The van der Waals surface area contributed by atoms with Crippen LogP contribution in [-0.4, -0.2) is 5.78 Å². The van der Waals surface area contributed by atoms with Gasteiger partial charge in [-0.1, -0.05) is 66.7 Å². The fourth-order valence-electron chi connectivity index (χ4n) is 3.46. The molecule has 0 fully saturated rings. The molecule has 0 atom stereocenters. The molecule has 1 heteroatoms. The highest BCUT2D eigenvalue weighted by Crippen LogP contribution is 2.38. The van der Waals surface area contributed by atoms with Crippen LogP contribution in [0.2, 0.25) is 0 Å². The Labute approximate surface area is 142 Å². The number of benzene rings is 3. The Bertz CT molecular complexity index is 992. The Balaban J connectivity index is 2.06. The first kappa shape index (κ1) is 14.6. The predicted molar refractivity (Wildman–Crippen MR) is 99.2 cm³/mol. The molecule has 0 saturated heterocycles. The van der Waals surface area contributed by atoms with Crippen molar-refractivity contribution in [3.63, 3.8) is 0 Å². The van der Waals surface area contributed by atoms with E-state index < -0.39 is 0 Å². The Kier molecular flexibility index (Phi) is 3.42. The van der Waals surface area contributed by atoms with Gasteiger partial charge in [0.15, 0.2) is 5.78 Å². The molecule has 4 rings (SSSR count). The molecule has 0 spiro atoms. The van der Waals surface area contributed by atoms with Crippen LogP contribution in [0, 0.1) is 13.8 Å². The predicted octanol–water partition coefficient (Wildman–Crippen LogP) is 5.44. The molecule has 0 amide bonds. The third-order valence-corrected chi connectivity index (χ3v) is 4.74. The number of hydrogen-bond donors (Lipinski definition) is 0. The van der Waals surface area contributed by atoms with Crippen molar-refractivity contribution in [1.29, 1.82) is 0 Å². The van der Waals surface area contributed by atoms with E-state index in [1.54, 1.807) is 0 Å². The Hall–Kier alpha value is -2.93. The second kappa shape index (κ2) is 5.61. The third kappa shape index (κ3) is 2.21. The highest BCUT2D eigenvalue weighted by atomic mass is 16.1. The van der Waals surface area contributed by atoms with Gasteiger partial charge in [-0.2, -0.15) is 0 Å². The number of aryl methyl sites for hydroxylation is 2. The minimum Gasteiger partial charge on any atom is -0.289 e. The Morgan fingerprint density at radius 1 is 0.667 bits per heavy atom. The minimum atomic E-state index is 0.117. The Morgan fingerprint density at radius 3 is 2.08 bits per heavy atom. The lowest BCUT2D eigenvalue weighted by Crippen LogP contribution is -2.15. The minimum absolute atomic E-state index is 0.117. The SMILES string of the molecule is Cc1ccccc1/C=C1\c2ccccc2C(=O)c2cccc(C)c21. The van der Waals surface area contributed by atoms with E-state index in [0.29, 0.717) is 0 Å². The molecule has 0 bridgehead atoms. The van der Waals surface area contributed by atoms with E-state index in [4.69, 9.17) is 0 Å². The first-order chi connectivity index (χ1) is 11.7. The highest BCUT2D eigenvalue weighted by molar-refractivity contribution is 6.20. The molecule has 1 aliphatic carbocycles. The quantitative estimate of drug-likeness (QED) is 0.458. The summed E-state index contributed by atoms with van der Waals surface area (Å²) in [6, 6.07) is 22.2. The molecule has 0 unspecified atom stereocenters. The molecule has 0 aliphatic heterocycles. The summed E-state index contributed by atoms with van der Waals surface area (Å²) in [5, 5.41) is 0. The van der Waals surface area contributed by atoms with Crippen LogP contribution >= 0.6 is 0 Å². The van der Waals surface area contributed by atoms with E-state index in [0.717, 1.165) is 33.4 Å². The zero-order valence-corrected chi connectivity index (χ0v) is 13.8. The van der Waals surface area contributed by atoms with Gasteiger partial charge >= 0.3 is 0 Å². The largest absolute Gasteiger partial charge is 0.289 e. The molecule has 0 aromatic heterocycles. The van der Waals surface area contributed by atoms with Crippen molar-refractivity contribution < 1.29 is 4.79 Å². The van der Waals surface area contributed by atoms with Gasteiger partial charge < -0.3 is 0 Å². The van der Waals surface area contributed by atoms with Gasteiger partial charge in [-0.05, 0) is 53.3 Å².